The van der Waals surface area contributed by atoms with Crippen molar-refractivity contribution < 1.29 is 9.53 Å². The molecule has 1 aliphatic heterocycles. The number of nitrogens with one attached hydrogen (secondary N) is 2. The van der Waals surface area contributed by atoms with Crippen molar-refractivity contribution in [2.24, 2.45) is 0 Å². The lowest BCUT2D eigenvalue weighted by Gasteiger charge is -2.17. The Morgan fingerprint density at radius 1 is 1.40 bits per heavy atom. The molecule has 1 saturated heterocycles. The number of fused-ring (bicyclic) bond motifs is 1. The maximum Gasteiger partial charge on any atom is 0.273 e. The van der Waals surface area contributed by atoms with Crippen LogP contribution in [0.15, 0.2) is 29.2 Å². The average molecular weight is 410 g/mol. The van der Waals surface area contributed by atoms with E-state index in [-0.39, 0.29) is 17.6 Å². The Kier molecular flexibility index (Phi) is 5.54. The Balaban J connectivity index is 1.40. The summed E-state index contributed by atoms with van der Waals surface area (Å²) in [6.07, 6.45) is 3.55. The van der Waals surface area contributed by atoms with Crippen molar-refractivity contribution in [1.29, 1.82) is 0 Å². The summed E-state index contributed by atoms with van der Waals surface area (Å²) in [4.78, 5) is 33.2. The van der Waals surface area contributed by atoms with Crippen LogP contribution >= 0.6 is 0 Å². The van der Waals surface area contributed by atoms with Crippen LogP contribution in [0.3, 0.4) is 0 Å². The summed E-state index contributed by atoms with van der Waals surface area (Å²) in [6.45, 7) is 6.25. The van der Waals surface area contributed by atoms with E-state index in [9.17, 15) is 9.59 Å². The van der Waals surface area contributed by atoms with Crippen LogP contribution in [0, 0.1) is 6.92 Å². The van der Waals surface area contributed by atoms with Gasteiger partial charge in [-0.3, -0.25) is 14.5 Å². The molecule has 0 aromatic carbocycles. The summed E-state index contributed by atoms with van der Waals surface area (Å²) < 4.78 is 7.89. The first-order chi connectivity index (χ1) is 14.5. The van der Waals surface area contributed by atoms with Crippen LogP contribution in [0.4, 0.5) is 0 Å². The number of ether oxygens (including phenoxy) is 1. The standard InChI is InChI=1S/C21H26N6O3/c1-4-16-21(29)24-19-9-14(11-27(19)25-16)10-26-8-7-15(12-26)30-18-6-5-17(20(28)22-3)23-13(18)2/h5-6,9,11,15H,4,7-8,10,12H2,1-3H3,(H,22,28)(H,24,29). The smallest absolute Gasteiger partial charge is 0.273 e. The van der Waals surface area contributed by atoms with E-state index in [1.165, 1.54) is 0 Å². The van der Waals surface area contributed by atoms with Gasteiger partial charge in [-0.1, -0.05) is 6.92 Å². The fraction of sp³-hybridized carbons (Fsp3) is 0.429. The lowest BCUT2D eigenvalue weighted by molar-refractivity contribution is 0.0957. The number of H-pyrrole nitrogens is 1. The summed E-state index contributed by atoms with van der Waals surface area (Å²) in [7, 11) is 1.58. The fourth-order valence-electron chi connectivity index (χ4n) is 3.77. The van der Waals surface area contributed by atoms with E-state index in [1.807, 2.05) is 32.2 Å². The summed E-state index contributed by atoms with van der Waals surface area (Å²) in [5, 5.41) is 6.96. The first-order valence-corrected chi connectivity index (χ1v) is 10.2. The SMILES string of the molecule is CCc1nn2cc(CN3CCC(Oc4ccc(C(=O)NC)nc4C)C3)cc2[nH]c1=O. The highest BCUT2D eigenvalue weighted by Gasteiger charge is 2.25. The van der Waals surface area contributed by atoms with Gasteiger partial charge in [0, 0.05) is 32.9 Å². The molecule has 1 atom stereocenters. The molecule has 1 fully saturated rings. The molecule has 0 saturated carbocycles. The lowest BCUT2D eigenvalue weighted by Crippen LogP contribution is -2.25. The second-order valence-electron chi connectivity index (χ2n) is 7.56. The number of carbonyl (C=O) groups excluding carboxylic acids is 1. The number of hydrogen-bond acceptors (Lipinski definition) is 6. The van der Waals surface area contributed by atoms with Gasteiger partial charge in [0.2, 0.25) is 0 Å². The van der Waals surface area contributed by atoms with Gasteiger partial charge in [-0.15, -0.1) is 0 Å². The monoisotopic (exact) mass is 410 g/mol. The molecule has 1 aliphatic rings. The third-order valence-electron chi connectivity index (χ3n) is 5.35. The number of hydrogen-bond donors (Lipinski definition) is 2. The number of aryl methyl sites for hydroxylation is 2. The Labute approximate surface area is 174 Å². The molecule has 0 radical (unpaired) electrons. The average Bonchev–Trinajstić information content (AvgIpc) is 3.34. The van der Waals surface area contributed by atoms with E-state index in [0.29, 0.717) is 34.9 Å². The molecule has 1 amide bonds. The quantitative estimate of drug-likeness (QED) is 0.635. The molecule has 4 rings (SSSR count). The van der Waals surface area contributed by atoms with Crippen molar-refractivity contribution in [2.45, 2.75) is 39.3 Å². The molecule has 9 nitrogen and oxygen atoms in total. The molecule has 4 heterocycles. The molecule has 0 aliphatic carbocycles. The van der Waals surface area contributed by atoms with Crippen LogP contribution in [-0.2, 0) is 13.0 Å². The maximum absolute atomic E-state index is 12.0. The van der Waals surface area contributed by atoms with Crippen molar-refractivity contribution >= 4 is 11.6 Å². The molecule has 9 heteroatoms. The predicted octanol–water partition coefficient (Wildman–Crippen LogP) is 1.30. The number of aromatic nitrogens is 4. The van der Waals surface area contributed by atoms with Gasteiger partial charge in [0.05, 0.1) is 5.69 Å². The molecule has 1 unspecified atom stereocenters. The molecule has 30 heavy (non-hydrogen) atoms. The van der Waals surface area contributed by atoms with Gasteiger partial charge >= 0.3 is 0 Å². The number of aromatic amines is 1. The predicted molar refractivity (Wildman–Crippen MR) is 112 cm³/mol. The molecule has 3 aromatic heterocycles. The topological polar surface area (TPSA) is 105 Å². The summed E-state index contributed by atoms with van der Waals surface area (Å²) in [5.41, 5.74) is 3.29. The fourth-order valence-corrected chi connectivity index (χ4v) is 3.77. The molecule has 2 N–H and O–H groups in total. The molecular weight excluding hydrogens is 384 g/mol. The van der Waals surface area contributed by atoms with Gasteiger partial charge in [0.25, 0.3) is 11.5 Å². The van der Waals surface area contributed by atoms with Crippen LogP contribution < -0.4 is 15.6 Å². The van der Waals surface area contributed by atoms with Crippen LogP contribution in [0.5, 0.6) is 5.75 Å². The minimum Gasteiger partial charge on any atom is -0.487 e. The van der Waals surface area contributed by atoms with E-state index in [1.54, 1.807) is 17.6 Å². The second-order valence-corrected chi connectivity index (χ2v) is 7.56. The second kappa shape index (κ2) is 8.27. The number of pyridine rings is 1. The van der Waals surface area contributed by atoms with Gasteiger partial charge in [-0.2, -0.15) is 5.10 Å². The minimum atomic E-state index is -0.210. The highest BCUT2D eigenvalue weighted by atomic mass is 16.5. The minimum absolute atomic E-state index is 0.0676. The van der Waals surface area contributed by atoms with Crippen molar-refractivity contribution in [1.82, 2.24) is 29.8 Å². The zero-order valence-electron chi connectivity index (χ0n) is 17.4. The van der Waals surface area contributed by atoms with E-state index >= 15 is 0 Å². The number of amides is 1. The van der Waals surface area contributed by atoms with Crippen molar-refractivity contribution in [3.05, 3.63) is 57.4 Å². The van der Waals surface area contributed by atoms with Crippen molar-refractivity contribution in [3.8, 4) is 5.75 Å². The largest absolute Gasteiger partial charge is 0.487 e. The molecule has 0 bridgehead atoms. The van der Waals surface area contributed by atoms with Gasteiger partial charge in [-0.25, -0.2) is 9.50 Å². The summed E-state index contributed by atoms with van der Waals surface area (Å²) in [5.74, 6) is 0.497. The van der Waals surface area contributed by atoms with Crippen LogP contribution in [0.1, 0.15) is 40.8 Å². The Morgan fingerprint density at radius 3 is 2.97 bits per heavy atom. The van der Waals surface area contributed by atoms with E-state index in [0.717, 1.165) is 31.6 Å². The number of likely N-dealkylation sites (tertiary alicyclic amines) is 1. The normalized spacial score (nSPS) is 16.8. The third kappa shape index (κ3) is 4.06. The molecular formula is C21H26N6O3. The Bertz CT molecular complexity index is 1140. The number of rotatable bonds is 6. The van der Waals surface area contributed by atoms with Gasteiger partial charge in [0.1, 0.15) is 28.9 Å². The van der Waals surface area contributed by atoms with E-state index in [4.69, 9.17) is 4.74 Å². The molecule has 0 spiro atoms. The Hall–Kier alpha value is -3.20. The Morgan fingerprint density at radius 2 is 2.23 bits per heavy atom. The zero-order valence-corrected chi connectivity index (χ0v) is 17.4. The van der Waals surface area contributed by atoms with Gasteiger partial charge in [0.15, 0.2) is 0 Å². The summed E-state index contributed by atoms with van der Waals surface area (Å²) in [6, 6.07) is 5.45. The van der Waals surface area contributed by atoms with Crippen LogP contribution in [0.2, 0.25) is 0 Å². The maximum atomic E-state index is 12.0. The first kappa shape index (κ1) is 20.1. The number of carbonyl (C=O) groups is 1. The van der Waals surface area contributed by atoms with Gasteiger partial charge in [-0.05, 0) is 43.5 Å². The molecule has 3 aromatic rings. The van der Waals surface area contributed by atoms with Crippen molar-refractivity contribution in [2.75, 3.05) is 20.1 Å². The first-order valence-electron chi connectivity index (χ1n) is 10.2. The highest BCUT2D eigenvalue weighted by Crippen LogP contribution is 2.23. The summed E-state index contributed by atoms with van der Waals surface area (Å²) >= 11 is 0. The van der Waals surface area contributed by atoms with Crippen molar-refractivity contribution in [3.63, 3.8) is 0 Å². The van der Waals surface area contributed by atoms with Gasteiger partial charge < -0.3 is 15.0 Å². The third-order valence-corrected chi connectivity index (χ3v) is 5.35. The lowest BCUT2D eigenvalue weighted by atomic mass is 10.2. The van der Waals surface area contributed by atoms with E-state index in [2.05, 4.69) is 25.3 Å². The van der Waals surface area contributed by atoms with Crippen LogP contribution in [-0.4, -0.2) is 56.6 Å². The van der Waals surface area contributed by atoms with Crippen LogP contribution in [0.25, 0.3) is 5.65 Å². The molecule has 158 valence electrons. The number of nitrogens with zero attached hydrogens (tertiary/aromatic N) is 4. The zero-order chi connectivity index (χ0) is 21.3. The van der Waals surface area contributed by atoms with E-state index < -0.39 is 0 Å². The highest BCUT2D eigenvalue weighted by molar-refractivity contribution is 5.92.